The van der Waals surface area contributed by atoms with Crippen molar-refractivity contribution in [1.82, 2.24) is 4.90 Å². The van der Waals surface area contributed by atoms with E-state index < -0.39 is 42.2 Å². The smallest absolute Gasteiger partial charge is 0.313 e. The molecule has 7 nitrogen and oxygen atoms in total. The van der Waals surface area contributed by atoms with Crippen molar-refractivity contribution >= 4 is 17.8 Å². The minimum Gasteiger partial charge on any atom is -0.461 e. The summed E-state index contributed by atoms with van der Waals surface area (Å²) < 4.78 is 11.3. The quantitative estimate of drug-likeness (QED) is 0.428. The maximum Gasteiger partial charge on any atom is 0.313 e. The standard InChI is InChI=1S/C27H41NO6/c1-5-7-8-9-13-16-24-19(3)27(32)34-23(6-2)26(31)28(4)21(22(29)18-25(30)33-24)17-20-14-11-10-12-15-20/h10-12,14-15,19,21-24,29H,5-9,13,16-18H2,1-4H3/t19-,21-,22+,23-,24+/m0/s1. The zero-order valence-corrected chi connectivity index (χ0v) is 21.1. The van der Waals surface area contributed by atoms with Gasteiger partial charge in [-0.3, -0.25) is 14.4 Å². The zero-order chi connectivity index (χ0) is 25.1. The Balaban J connectivity index is 2.26. The summed E-state index contributed by atoms with van der Waals surface area (Å²) in [6.45, 7) is 5.60. The van der Waals surface area contributed by atoms with Crippen molar-refractivity contribution in [3.63, 3.8) is 0 Å². The van der Waals surface area contributed by atoms with Gasteiger partial charge in [0.15, 0.2) is 6.10 Å². The molecule has 1 aromatic rings. The summed E-state index contributed by atoms with van der Waals surface area (Å²) >= 11 is 0. The molecule has 1 amide bonds. The van der Waals surface area contributed by atoms with E-state index in [0.717, 1.165) is 37.7 Å². The molecule has 1 aliphatic heterocycles. The van der Waals surface area contributed by atoms with Gasteiger partial charge in [0.2, 0.25) is 0 Å². The van der Waals surface area contributed by atoms with Gasteiger partial charge in [0.25, 0.3) is 5.91 Å². The molecule has 7 heteroatoms. The van der Waals surface area contributed by atoms with Gasteiger partial charge in [0, 0.05) is 7.05 Å². The monoisotopic (exact) mass is 475 g/mol. The minimum atomic E-state index is -1.12. The van der Waals surface area contributed by atoms with Gasteiger partial charge in [0.05, 0.1) is 24.5 Å². The third kappa shape index (κ3) is 8.12. The number of aliphatic hydroxyl groups is 1. The molecule has 1 aromatic carbocycles. The van der Waals surface area contributed by atoms with E-state index >= 15 is 0 Å². The fraction of sp³-hybridized carbons (Fsp3) is 0.667. The number of esters is 2. The Morgan fingerprint density at radius 3 is 2.32 bits per heavy atom. The molecule has 1 heterocycles. The van der Waals surface area contributed by atoms with Crippen molar-refractivity contribution in [2.24, 2.45) is 5.92 Å². The fourth-order valence-electron chi connectivity index (χ4n) is 4.37. The number of carbonyl (C=O) groups is 3. The van der Waals surface area contributed by atoms with Crippen molar-refractivity contribution in [2.45, 2.75) is 103 Å². The van der Waals surface area contributed by atoms with Crippen LogP contribution in [0.2, 0.25) is 0 Å². The van der Waals surface area contributed by atoms with Crippen LogP contribution in [0.4, 0.5) is 0 Å². The fourth-order valence-corrected chi connectivity index (χ4v) is 4.37. The van der Waals surface area contributed by atoms with E-state index in [1.165, 1.54) is 4.90 Å². The highest BCUT2D eigenvalue weighted by molar-refractivity contribution is 5.85. The van der Waals surface area contributed by atoms with Crippen LogP contribution in [0.25, 0.3) is 0 Å². The minimum absolute atomic E-state index is 0.250. The van der Waals surface area contributed by atoms with Crippen LogP contribution in [0.5, 0.6) is 0 Å². The highest BCUT2D eigenvalue weighted by Gasteiger charge is 2.37. The molecule has 2 rings (SSSR count). The van der Waals surface area contributed by atoms with Gasteiger partial charge in [0.1, 0.15) is 6.10 Å². The number of benzene rings is 1. The van der Waals surface area contributed by atoms with E-state index in [0.29, 0.717) is 19.3 Å². The molecule has 0 spiro atoms. The highest BCUT2D eigenvalue weighted by atomic mass is 16.6. The number of nitrogens with zero attached hydrogens (tertiary/aromatic N) is 1. The Morgan fingerprint density at radius 2 is 1.68 bits per heavy atom. The Labute approximate surface area is 203 Å². The average molecular weight is 476 g/mol. The van der Waals surface area contributed by atoms with Crippen LogP contribution in [0.3, 0.4) is 0 Å². The Hall–Kier alpha value is -2.41. The summed E-state index contributed by atoms with van der Waals surface area (Å²) in [5.74, 6) is -2.19. The van der Waals surface area contributed by atoms with E-state index in [2.05, 4.69) is 6.92 Å². The molecule has 1 aliphatic rings. The maximum atomic E-state index is 13.2. The van der Waals surface area contributed by atoms with E-state index in [1.807, 2.05) is 30.3 Å². The second-order valence-corrected chi connectivity index (χ2v) is 9.33. The SMILES string of the molecule is CCCCCCC[C@H]1OC(=O)C[C@@H](O)[C@H](Cc2ccccc2)N(C)C(=O)[C@H](CC)OC(=O)[C@H]1C. The normalized spacial score (nSPS) is 26.9. The zero-order valence-electron chi connectivity index (χ0n) is 21.1. The van der Waals surface area contributed by atoms with Crippen LogP contribution in [0, 0.1) is 5.92 Å². The van der Waals surface area contributed by atoms with Crippen LogP contribution in [-0.2, 0) is 30.3 Å². The molecular weight excluding hydrogens is 434 g/mol. The summed E-state index contributed by atoms with van der Waals surface area (Å²) in [5.41, 5.74) is 0.926. The predicted molar refractivity (Wildman–Crippen MR) is 130 cm³/mol. The first-order valence-corrected chi connectivity index (χ1v) is 12.7. The lowest BCUT2D eigenvalue weighted by Crippen LogP contribution is -2.52. The molecule has 1 N–H and O–H groups in total. The first-order chi connectivity index (χ1) is 16.3. The van der Waals surface area contributed by atoms with Crippen molar-refractivity contribution in [2.75, 3.05) is 7.05 Å². The first kappa shape index (κ1) is 27.8. The molecule has 0 aliphatic carbocycles. The molecule has 5 atom stereocenters. The first-order valence-electron chi connectivity index (χ1n) is 12.7. The summed E-state index contributed by atoms with van der Waals surface area (Å²) in [6, 6.07) is 8.82. The van der Waals surface area contributed by atoms with Crippen LogP contribution in [-0.4, -0.2) is 59.3 Å². The maximum absolute atomic E-state index is 13.2. The summed E-state index contributed by atoms with van der Waals surface area (Å²) in [4.78, 5) is 40.3. The number of ether oxygens (including phenoxy) is 2. The van der Waals surface area contributed by atoms with Gasteiger partial charge >= 0.3 is 11.9 Å². The molecule has 0 aromatic heterocycles. The lowest BCUT2D eigenvalue weighted by Gasteiger charge is -2.35. The molecule has 1 saturated heterocycles. The molecule has 0 radical (unpaired) electrons. The number of likely N-dealkylation sites (N-methyl/N-ethyl adjacent to an activating group) is 1. The Morgan fingerprint density at radius 1 is 1.00 bits per heavy atom. The molecule has 1 fully saturated rings. The van der Waals surface area contributed by atoms with E-state index in [9.17, 15) is 19.5 Å². The molecule has 190 valence electrons. The van der Waals surface area contributed by atoms with Crippen LogP contribution in [0.15, 0.2) is 30.3 Å². The molecule has 0 unspecified atom stereocenters. The molecule has 0 saturated carbocycles. The predicted octanol–water partition coefficient (Wildman–Crippen LogP) is 4.05. The van der Waals surface area contributed by atoms with Gasteiger partial charge in [-0.05, 0) is 38.2 Å². The second kappa shape index (κ2) is 14.1. The number of unbranched alkanes of at least 4 members (excludes halogenated alkanes) is 4. The second-order valence-electron chi connectivity index (χ2n) is 9.33. The largest absolute Gasteiger partial charge is 0.461 e. The summed E-state index contributed by atoms with van der Waals surface area (Å²) in [7, 11) is 1.58. The number of hydrogen-bond acceptors (Lipinski definition) is 6. The summed E-state index contributed by atoms with van der Waals surface area (Å²) in [5, 5.41) is 11.0. The number of carbonyl (C=O) groups excluding carboxylic acids is 3. The van der Waals surface area contributed by atoms with E-state index in [1.54, 1.807) is 20.9 Å². The lowest BCUT2D eigenvalue weighted by atomic mass is 9.96. The van der Waals surface area contributed by atoms with Crippen LogP contribution >= 0.6 is 0 Å². The molecule has 0 bridgehead atoms. The van der Waals surface area contributed by atoms with Crippen molar-refractivity contribution in [3.05, 3.63) is 35.9 Å². The summed E-state index contributed by atoms with van der Waals surface area (Å²) in [6.07, 6.45) is 3.44. The lowest BCUT2D eigenvalue weighted by molar-refractivity contribution is -0.174. The number of amides is 1. The van der Waals surface area contributed by atoms with Crippen LogP contribution in [0.1, 0.15) is 77.7 Å². The number of aliphatic hydroxyl groups excluding tert-OH is 1. The van der Waals surface area contributed by atoms with Gasteiger partial charge in [-0.1, -0.05) is 69.9 Å². The topological polar surface area (TPSA) is 93.1 Å². The van der Waals surface area contributed by atoms with Crippen molar-refractivity contribution in [3.8, 4) is 0 Å². The van der Waals surface area contributed by atoms with Gasteiger partial charge in [-0.15, -0.1) is 0 Å². The number of rotatable bonds is 9. The Bertz CT molecular complexity index is 783. The average Bonchev–Trinajstić information content (AvgIpc) is 2.83. The van der Waals surface area contributed by atoms with Crippen molar-refractivity contribution in [1.29, 1.82) is 0 Å². The van der Waals surface area contributed by atoms with E-state index in [-0.39, 0.29) is 12.3 Å². The van der Waals surface area contributed by atoms with E-state index in [4.69, 9.17) is 9.47 Å². The highest BCUT2D eigenvalue weighted by Crippen LogP contribution is 2.23. The number of cyclic esters (lactones) is 2. The third-order valence-corrected chi connectivity index (χ3v) is 6.66. The Kier molecular flexibility index (Phi) is 11.5. The number of hydrogen-bond donors (Lipinski definition) is 1. The van der Waals surface area contributed by atoms with Gasteiger partial charge in [-0.2, -0.15) is 0 Å². The van der Waals surface area contributed by atoms with Gasteiger partial charge in [-0.25, -0.2) is 0 Å². The van der Waals surface area contributed by atoms with Crippen molar-refractivity contribution < 1.29 is 29.0 Å². The molecule has 34 heavy (non-hydrogen) atoms. The molecular formula is C27H41NO6. The van der Waals surface area contributed by atoms with Gasteiger partial charge < -0.3 is 19.5 Å². The third-order valence-electron chi connectivity index (χ3n) is 6.66. The van der Waals surface area contributed by atoms with Crippen LogP contribution < -0.4 is 0 Å².